The van der Waals surface area contributed by atoms with Crippen LogP contribution in [-0.4, -0.2) is 42.7 Å². The van der Waals surface area contributed by atoms with Gasteiger partial charge >= 0.3 is 0 Å². The Bertz CT molecular complexity index is 422. The van der Waals surface area contributed by atoms with E-state index in [1.165, 1.54) is 18.9 Å². The first-order valence-corrected chi connectivity index (χ1v) is 7.12. The Morgan fingerprint density at radius 2 is 2.05 bits per heavy atom. The van der Waals surface area contributed by atoms with Crippen LogP contribution in [0.25, 0.3) is 0 Å². The molecule has 1 aromatic carbocycles. The first-order chi connectivity index (χ1) is 9.59. The Morgan fingerprint density at radius 1 is 1.35 bits per heavy atom. The minimum Gasteiger partial charge on any atom is -0.387 e. The average Bonchev–Trinajstić information content (AvgIpc) is 2.41. The zero-order chi connectivity index (χ0) is 14.5. The fourth-order valence-electron chi connectivity index (χ4n) is 2.72. The summed E-state index contributed by atoms with van der Waals surface area (Å²) in [4.78, 5) is 2.28. The molecule has 2 N–H and O–H groups in total. The van der Waals surface area contributed by atoms with Crippen molar-refractivity contribution in [3.63, 3.8) is 0 Å². The lowest BCUT2D eigenvalue weighted by molar-refractivity contribution is 0.148. The molecule has 0 bridgehead atoms. The van der Waals surface area contributed by atoms with E-state index in [4.69, 9.17) is 0 Å². The second-order valence-electron chi connectivity index (χ2n) is 5.44. The SMILES string of the molecule is CN1CCCCC1CNCC(O)c1c(F)cccc1F. The van der Waals surface area contributed by atoms with E-state index >= 15 is 0 Å². The zero-order valence-corrected chi connectivity index (χ0v) is 11.8. The maximum Gasteiger partial charge on any atom is 0.131 e. The molecule has 1 heterocycles. The van der Waals surface area contributed by atoms with E-state index in [2.05, 4.69) is 17.3 Å². The molecule has 112 valence electrons. The van der Waals surface area contributed by atoms with Crippen molar-refractivity contribution in [2.24, 2.45) is 0 Å². The van der Waals surface area contributed by atoms with Crippen molar-refractivity contribution in [1.82, 2.24) is 10.2 Å². The first kappa shape index (κ1) is 15.4. The average molecular weight is 284 g/mol. The smallest absolute Gasteiger partial charge is 0.131 e. The van der Waals surface area contributed by atoms with Crippen molar-refractivity contribution in [3.8, 4) is 0 Å². The van der Waals surface area contributed by atoms with Gasteiger partial charge in [-0.15, -0.1) is 0 Å². The minimum atomic E-state index is -1.16. The third-order valence-corrected chi connectivity index (χ3v) is 3.97. The molecule has 1 aliphatic rings. The number of benzene rings is 1. The standard InChI is InChI=1S/C15H22F2N2O/c1-19-8-3-2-5-11(19)9-18-10-14(20)15-12(16)6-4-7-13(15)17/h4,6-7,11,14,18,20H,2-3,5,8-10H2,1H3. The van der Waals surface area contributed by atoms with Crippen LogP contribution in [0.1, 0.15) is 30.9 Å². The lowest BCUT2D eigenvalue weighted by atomic mass is 10.0. The van der Waals surface area contributed by atoms with Crippen LogP contribution in [0.4, 0.5) is 8.78 Å². The van der Waals surface area contributed by atoms with Gasteiger partial charge in [-0.25, -0.2) is 8.78 Å². The molecule has 1 aliphatic heterocycles. The van der Waals surface area contributed by atoms with Crippen LogP contribution in [0.2, 0.25) is 0 Å². The fourth-order valence-corrected chi connectivity index (χ4v) is 2.72. The number of aliphatic hydroxyl groups is 1. The summed E-state index contributed by atoms with van der Waals surface area (Å²) in [6.45, 7) is 1.96. The zero-order valence-electron chi connectivity index (χ0n) is 11.8. The molecule has 5 heteroatoms. The molecule has 2 rings (SSSR count). The topological polar surface area (TPSA) is 35.5 Å². The van der Waals surface area contributed by atoms with Crippen molar-refractivity contribution in [2.75, 3.05) is 26.7 Å². The van der Waals surface area contributed by atoms with Gasteiger partial charge in [-0.05, 0) is 38.6 Å². The molecule has 2 unspecified atom stereocenters. The highest BCUT2D eigenvalue weighted by atomic mass is 19.1. The van der Waals surface area contributed by atoms with Crippen LogP contribution < -0.4 is 5.32 Å². The Hall–Kier alpha value is -1.04. The number of rotatable bonds is 5. The lowest BCUT2D eigenvalue weighted by Crippen LogP contribution is -2.43. The van der Waals surface area contributed by atoms with Gasteiger partial charge in [0.15, 0.2) is 0 Å². The van der Waals surface area contributed by atoms with Crippen LogP contribution in [0.5, 0.6) is 0 Å². The third kappa shape index (κ3) is 3.75. The molecule has 2 atom stereocenters. The predicted octanol–water partition coefficient (Wildman–Crippen LogP) is 2.07. The highest BCUT2D eigenvalue weighted by molar-refractivity contribution is 5.22. The maximum atomic E-state index is 13.5. The fraction of sp³-hybridized carbons (Fsp3) is 0.600. The number of likely N-dealkylation sites (tertiary alicyclic amines) is 1. The molecule has 1 fully saturated rings. The van der Waals surface area contributed by atoms with Crippen molar-refractivity contribution in [1.29, 1.82) is 0 Å². The van der Waals surface area contributed by atoms with Crippen LogP contribution >= 0.6 is 0 Å². The molecule has 0 aliphatic carbocycles. The van der Waals surface area contributed by atoms with E-state index in [0.717, 1.165) is 31.6 Å². The van der Waals surface area contributed by atoms with Crippen LogP contribution in [0.15, 0.2) is 18.2 Å². The Morgan fingerprint density at radius 3 is 2.70 bits per heavy atom. The van der Waals surface area contributed by atoms with Gasteiger partial charge in [0.25, 0.3) is 0 Å². The van der Waals surface area contributed by atoms with Crippen LogP contribution in [0, 0.1) is 11.6 Å². The minimum absolute atomic E-state index is 0.155. The summed E-state index contributed by atoms with van der Waals surface area (Å²) in [7, 11) is 2.08. The number of nitrogens with zero attached hydrogens (tertiary/aromatic N) is 1. The molecule has 0 amide bonds. The van der Waals surface area contributed by atoms with Gasteiger partial charge in [0.2, 0.25) is 0 Å². The summed E-state index contributed by atoms with van der Waals surface area (Å²) < 4.78 is 27.0. The molecule has 1 saturated heterocycles. The van der Waals surface area contributed by atoms with Gasteiger partial charge in [0.05, 0.1) is 11.7 Å². The summed E-state index contributed by atoms with van der Waals surface area (Å²) in [6, 6.07) is 4.06. The molecule has 0 aromatic heterocycles. The molecular formula is C15H22F2N2O. The maximum absolute atomic E-state index is 13.5. The summed E-state index contributed by atoms with van der Waals surface area (Å²) in [6.07, 6.45) is 2.38. The van der Waals surface area contributed by atoms with E-state index in [0.29, 0.717) is 6.04 Å². The molecule has 0 radical (unpaired) electrons. The van der Waals surface area contributed by atoms with Crippen molar-refractivity contribution < 1.29 is 13.9 Å². The van der Waals surface area contributed by atoms with E-state index in [1.54, 1.807) is 0 Å². The van der Waals surface area contributed by atoms with Gasteiger partial charge in [-0.3, -0.25) is 0 Å². The molecule has 3 nitrogen and oxygen atoms in total. The number of hydrogen-bond acceptors (Lipinski definition) is 3. The Kier molecular flexibility index (Phi) is 5.46. The summed E-state index contributed by atoms with van der Waals surface area (Å²) in [5, 5.41) is 13.0. The number of nitrogens with one attached hydrogen (secondary N) is 1. The number of halogens is 2. The van der Waals surface area contributed by atoms with E-state index in [9.17, 15) is 13.9 Å². The summed E-state index contributed by atoms with van der Waals surface area (Å²) in [5.41, 5.74) is -0.253. The Labute approximate surface area is 118 Å². The van der Waals surface area contributed by atoms with E-state index < -0.39 is 17.7 Å². The number of likely N-dealkylation sites (N-methyl/N-ethyl adjacent to an activating group) is 1. The molecule has 20 heavy (non-hydrogen) atoms. The van der Waals surface area contributed by atoms with Gasteiger partial charge in [0, 0.05) is 19.1 Å². The van der Waals surface area contributed by atoms with Crippen molar-refractivity contribution in [3.05, 3.63) is 35.4 Å². The number of piperidine rings is 1. The van der Waals surface area contributed by atoms with Crippen LogP contribution in [-0.2, 0) is 0 Å². The molecule has 1 aromatic rings. The monoisotopic (exact) mass is 284 g/mol. The molecular weight excluding hydrogens is 262 g/mol. The largest absolute Gasteiger partial charge is 0.387 e. The van der Waals surface area contributed by atoms with Crippen LogP contribution in [0.3, 0.4) is 0 Å². The summed E-state index contributed by atoms with van der Waals surface area (Å²) >= 11 is 0. The quantitative estimate of drug-likeness (QED) is 0.869. The molecule has 0 saturated carbocycles. The summed E-state index contributed by atoms with van der Waals surface area (Å²) in [5.74, 6) is -1.40. The highest BCUT2D eigenvalue weighted by Gasteiger charge is 2.20. The second kappa shape index (κ2) is 7.11. The molecule has 0 spiro atoms. The highest BCUT2D eigenvalue weighted by Crippen LogP contribution is 2.20. The van der Waals surface area contributed by atoms with Gasteiger partial charge < -0.3 is 15.3 Å². The third-order valence-electron chi connectivity index (χ3n) is 3.97. The first-order valence-electron chi connectivity index (χ1n) is 7.12. The van der Waals surface area contributed by atoms with E-state index in [1.807, 2.05) is 0 Å². The van der Waals surface area contributed by atoms with E-state index in [-0.39, 0.29) is 12.1 Å². The number of hydrogen-bond donors (Lipinski definition) is 2. The Balaban J connectivity index is 1.84. The van der Waals surface area contributed by atoms with Gasteiger partial charge in [0.1, 0.15) is 11.6 Å². The van der Waals surface area contributed by atoms with Crippen molar-refractivity contribution in [2.45, 2.75) is 31.4 Å². The van der Waals surface area contributed by atoms with Gasteiger partial charge in [-0.2, -0.15) is 0 Å². The normalized spacial score (nSPS) is 21.9. The lowest BCUT2D eigenvalue weighted by Gasteiger charge is -2.32. The predicted molar refractivity (Wildman–Crippen MR) is 74.5 cm³/mol. The second-order valence-corrected chi connectivity index (χ2v) is 5.44. The van der Waals surface area contributed by atoms with Crippen molar-refractivity contribution >= 4 is 0 Å². The van der Waals surface area contributed by atoms with Gasteiger partial charge in [-0.1, -0.05) is 12.5 Å². The number of aliphatic hydroxyl groups excluding tert-OH is 1.